The number of hydrogen-bond acceptors (Lipinski definition) is 4. The molecule has 3 aromatic carbocycles. The maximum atomic E-state index is 14.0. The molecule has 0 saturated carbocycles. The maximum Gasteiger partial charge on any atom is 0.250 e. The number of amides is 1. The Kier molecular flexibility index (Phi) is 7.02. The highest BCUT2D eigenvalue weighted by Crippen LogP contribution is 2.29. The predicted molar refractivity (Wildman–Crippen MR) is 124 cm³/mol. The van der Waals surface area contributed by atoms with Crippen LogP contribution in [0.15, 0.2) is 78.9 Å². The Morgan fingerprint density at radius 2 is 1.88 bits per heavy atom. The SMILES string of the molecule is COc1cccc(NC(C(=O)N2CCCNCC2c2ccccc2)c2ccc(F)cc2)c1. The van der Waals surface area contributed by atoms with Gasteiger partial charge in [0.15, 0.2) is 0 Å². The van der Waals surface area contributed by atoms with E-state index in [9.17, 15) is 9.18 Å². The van der Waals surface area contributed by atoms with Gasteiger partial charge in [-0.2, -0.15) is 0 Å². The summed E-state index contributed by atoms with van der Waals surface area (Å²) in [5, 5.41) is 6.82. The van der Waals surface area contributed by atoms with E-state index in [1.807, 2.05) is 47.4 Å². The van der Waals surface area contributed by atoms with Gasteiger partial charge in [-0.1, -0.05) is 48.5 Å². The second-order valence-electron chi connectivity index (χ2n) is 7.88. The monoisotopic (exact) mass is 433 g/mol. The Hall–Kier alpha value is -3.38. The first-order valence-electron chi connectivity index (χ1n) is 10.9. The largest absolute Gasteiger partial charge is 0.497 e. The molecule has 0 spiro atoms. The van der Waals surface area contributed by atoms with Gasteiger partial charge in [0.25, 0.3) is 0 Å². The van der Waals surface area contributed by atoms with Crippen molar-refractivity contribution in [3.63, 3.8) is 0 Å². The van der Waals surface area contributed by atoms with Gasteiger partial charge >= 0.3 is 0 Å². The number of ether oxygens (including phenoxy) is 1. The molecule has 1 fully saturated rings. The summed E-state index contributed by atoms with van der Waals surface area (Å²) in [6.07, 6.45) is 0.865. The van der Waals surface area contributed by atoms with Crippen LogP contribution in [0.25, 0.3) is 0 Å². The van der Waals surface area contributed by atoms with E-state index in [1.54, 1.807) is 19.2 Å². The molecule has 2 unspecified atom stereocenters. The van der Waals surface area contributed by atoms with E-state index in [2.05, 4.69) is 22.8 Å². The molecule has 6 heteroatoms. The molecule has 1 amide bonds. The minimum Gasteiger partial charge on any atom is -0.497 e. The number of halogens is 1. The average Bonchev–Trinajstić information content (AvgIpc) is 3.10. The van der Waals surface area contributed by atoms with Gasteiger partial charge < -0.3 is 20.3 Å². The van der Waals surface area contributed by atoms with Crippen molar-refractivity contribution in [3.05, 3.63) is 95.8 Å². The molecule has 5 nitrogen and oxygen atoms in total. The smallest absolute Gasteiger partial charge is 0.250 e. The lowest BCUT2D eigenvalue weighted by atomic mass is 10.0. The number of nitrogens with zero attached hydrogens (tertiary/aromatic N) is 1. The molecular weight excluding hydrogens is 405 g/mol. The quantitative estimate of drug-likeness (QED) is 0.599. The molecule has 0 radical (unpaired) electrons. The zero-order chi connectivity index (χ0) is 22.3. The van der Waals surface area contributed by atoms with Crippen molar-refractivity contribution in [1.82, 2.24) is 10.2 Å². The highest BCUT2D eigenvalue weighted by atomic mass is 19.1. The van der Waals surface area contributed by atoms with Gasteiger partial charge in [0.2, 0.25) is 5.91 Å². The van der Waals surface area contributed by atoms with Gasteiger partial charge in [0.1, 0.15) is 17.6 Å². The summed E-state index contributed by atoms with van der Waals surface area (Å²) >= 11 is 0. The third-order valence-electron chi connectivity index (χ3n) is 5.76. The van der Waals surface area contributed by atoms with Gasteiger partial charge in [-0.25, -0.2) is 4.39 Å². The maximum absolute atomic E-state index is 14.0. The van der Waals surface area contributed by atoms with Crippen molar-refractivity contribution < 1.29 is 13.9 Å². The van der Waals surface area contributed by atoms with E-state index >= 15 is 0 Å². The number of anilines is 1. The Morgan fingerprint density at radius 3 is 2.62 bits per heavy atom. The lowest BCUT2D eigenvalue weighted by Gasteiger charge is -2.34. The van der Waals surface area contributed by atoms with Gasteiger partial charge in [-0.3, -0.25) is 4.79 Å². The molecule has 1 heterocycles. The number of carbonyl (C=O) groups excluding carboxylic acids is 1. The average molecular weight is 434 g/mol. The molecule has 166 valence electrons. The Morgan fingerprint density at radius 1 is 1.09 bits per heavy atom. The van der Waals surface area contributed by atoms with Crippen LogP contribution < -0.4 is 15.4 Å². The van der Waals surface area contributed by atoms with E-state index in [1.165, 1.54) is 12.1 Å². The summed E-state index contributed by atoms with van der Waals surface area (Å²) in [6.45, 7) is 2.19. The van der Waals surface area contributed by atoms with Crippen LogP contribution in [-0.4, -0.2) is 37.6 Å². The second kappa shape index (κ2) is 10.3. The van der Waals surface area contributed by atoms with Crippen LogP contribution in [-0.2, 0) is 4.79 Å². The molecule has 4 rings (SSSR count). The minimum atomic E-state index is -0.660. The molecule has 1 aliphatic heterocycles. The van der Waals surface area contributed by atoms with Crippen LogP contribution in [0.4, 0.5) is 10.1 Å². The predicted octanol–water partition coefficient (Wildman–Crippen LogP) is 4.55. The Bertz CT molecular complexity index is 1030. The molecule has 3 aromatic rings. The van der Waals surface area contributed by atoms with Crippen LogP contribution >= 0.6 is 0 Å². The summed E-state index contributed by atoms with van der Waals surface area (Å²) in [4.78, 5) is 15.9. The van der Waals surface area contributed by atoms with Crippen molar-refractivity contribution in [1.29, 1.82) is 0 Å². The molecule has 32 heavy (non-hydrogen) atoms. The van der Waals surface area contributed by atoms with Crippen LogP contribution in [0, 0.1) is 5.82 Å². The van der Waals surface area contributed by atoms with E-state index in [0.29, 0.717) is 24.4 Å². The summed E-state index contributed by atoms with van der Waals surface area (Å²) in [5.74, 6) is 0.320. The summed E-state index contributed by atoms with van der Waals surface area (Å²) in [5.41, 5.74) is 2.56. The van der Waals surface area contributed by atoms with E-state index in [4.69, 9.17) is 4.74 Å². The lowest BCUT2D eigenvalue weighted by molar-refractivity contribution is -0.134. The zero-order valence-electron chi connectivity index (χ0n) is 18.1. The van der Waals surface area contributed by atoms with Crippen LogP contribution in [0.5, 0.6) is 5.75 Å². The van der Waals surface area contributed by atoms with E-state index in [0.717, 1.165) is 24.2 Å². The number of nitrogens with one attached hydrogen (secondary N) is 2. The third-order valence-corrected chi connectivity index (χ3v) is 5.76. The zero-order valence-corrected chi connectivity index (χ0v) is 18.1. The van der Waals surface area contributed by atoms with Crippen LogP contribution in [0.3, 0.4) is 0 Å². The standard InChI is InChI=1S/C26H28FN3O2/c1-32-23-10-5-9-22(17-23)29-25(20-11-13-21(27)14-12-20)26(31)30-16-6-15-28-18-24(30)19-7-3-2-4-8-19/h2-5,7-14,17,24-25,28-29H,6,15-16,18H2,1H3. The molecular formula is C26H28FN3O2. The van der Waals surface area contributed by atoms with Gasteiger partial charge in [0.05, 0.1) is 13.2 Å². The number of rotatable bonds is 6. The molecule has 1 saturated heterocycles. The summed E-state index contributed by atoms with van der Waals surface area (Å²) in [7, 11) is 1.61. The summed E-state index contributed by atoms with van der Waals surface area (Å²) in [6, 6.07) is 22.9. The van der Waals surface area contributed by atoms with Gasteiger partial charge in [0, 0.05) is 24.8 Å². The first kappa shape index (κ1) is 21.8. The van der Waals surface area contributed by atoms with E-state index in [-0.39, 0.29) is 17.8 Å². The molecule has 0 bridgehead atoms. The van der Waals surface area contributed by atoms with E-state index < -0.39 is 6.04 Å². The third kappa shape index (κ3) is 5.08. The number of carbonyl (C=O) groups is 1. The highest BCUT2D eigenvalue weighted by Gasteiger charge is 2.32. The van der Waals surface area contributed by atoms with Gasteiger partial charge in [-0.05, 0) is 48.4 Å². The number of hydrogen-bond donors (Lipinski definition) is 2. The highest BCUT2D eigenvalue weighted by molar-refractivity contribution is 5.86. The molecule has 0 aliphatic carbocycles. The minimum absolute atomic E-state index is 0.0445. The normalized spacial score (nSPS) is 17.3. The Balaban J connectivity index is 1.69. The first-order valence-corrected chi connectivity index (χ1v) is 10.9. The van der Waals surface area contributed by atoms with Gasteiger partial charge in [-0.15, -0.1) is 0 Å². The number of benzene rings is 3. The van der Waals surface area contributed by atoms with Crippen LogP contribution in [0.2, 0.25) is 0 Å². The fourth-order valence-electron chi connectivity index (χ4n) is 4.10. The fraction of sp³-hybridized carbons (Fsp3) is 0.269. The van der Waals surface area contributed by atoms with Crippen molar-refractivity contribution in [3.8, 4) is 5.75 Å². The number of methoxy groups -OCH3 is 1. The lowest BCUT2D eigenvalue weighted by Crippen LogP contribution is -2.42. The Labute approximate surface area is 188 Å². The van der Waals surface area contributed by atoms with Crippen molar-refractivity contribution in [2.45, 2.75) is 18.5 Å². The summed E-state index contributed by atoms with van der Waals surface area (Å²) < 4.78 is 19.0. The van der Waals surface area contributed by atoms with Crippen molar-refractivity contribution in [2.75, 3.05) is 32.1 Å². The molecule has 2 atom stereocenters. The molecule has 2 N–H and O–H groups in total. The van der Waals surface area contributed by atoms with Crippen molar-refractivity contribution >= 4 is 11.6 Å². The first-order chi connectivity index (χ1) is 15.7. The van der Waals surface area contributed by atoms with Crippen LogP contribution in [0.1, 0.15) is 29.6 Å². The molecule has 0 aromatic heterocycles. The second-order valence-corrected chi connectivity index (χ2v) is 7.88. The fourth-order valence-corrected chi connectivity index (χ4v) is 4.10. The molecule has 1 aliphatic rings. The van der Waals surface area contributed by atoms with Crippen molar-refractivity contribution in [2.24, 2.45) is 0 Å². The topological polar surface area (TPSA) is 53.6 Å².